The molecule has 8 heteroatoms. The lowest BCUT2D eigenvalue weighted by Gasteiger charge is -2.31. The van der Waals surface area contributed by atoms with Crippen LogP contribution in [0.1, 0.15) is 32.4 Å². The maximum absolute atomic E-state index is 13.7. The molecule has 0 spiro atoms. The number of halogens is 1. The van der Waals surface area contributed by atoms with E-state index in [0.29, 0.717) is 17.1 Å². The number of nitrogens with zero attached hydrogens (tertiary/aromatic N) is 5. The van der Waals surface area contributed by atoms with Gasteiger partial charge in [-0.2, -0.15) is 5.10 Å². The Balaban J connectivity index is 1.38. The number of fused-ring (bicyclic) bond motifs is 1. The third-order valence-electron chi connectivity index (χ3n) is 6.50. The fraction of sp³-hybridized carbons (Fsp3) is 0.360. The Morgan fingerprint density at radius 1 is 1.12 bits per heavy atom. The van der Waals surface area contributed by atoms with Gasteiger partial charge in [0, 0.05) is 30.4 Å². The van der Waals surface area contributed by atoms with E-state index in [-0.39, 0.29) is 11.4 Å². The van der Waals surface area contributed by atoms with Crippen LogP contribution in [0.3, 0.4) is 0 Å². The molecule has 33 heavy (non-hydrogen) atoms. The quantitative estimate of drug-likeness (QED) is 0.443. The van der Waals surface area contributed by atoms with E-state index in [4.69, 9.17) is 4.98 Å². The van der Waals surface area contributed by atoms with E-state index < -0.39 is 0 Å². The molecule has 5 heterocycles. The summed E-state index contributed by atoms with van der Waals surface area (Å²) in [6.07, 6.45) is 6.16. The van der Waals surface area contributed by atoms with Crippen molar-refractivity contribution in [3.63, 3.8) is 0 Å². The van der Waals surface area contributed by atoms with Crippen LogP contribution in [-0.2, 0) is 0 Å². The van der Waals surface area contributed by atoms with Crippen LogP contribution >= 0.6 is 0 Å². The second-order valence-corrected chi connectivity index (χ2v) is 9.20. The van der Waals surface area contributed by atoms with Crippen LogP contribution in [0, 0.1) is 12.7 Å². The van der Waals surface area contributed by atoms with E-state index in [1.54, 1.807) is 19.2 Å². The van der Waals surface area contributed by atoms with Crippen molar-refractivity contribution in [2.45, 2.75) is 39.2 Å². The molecule has 0 aliphatic carbocycles. The molecule has 170 valence electrons. The third kappa shape index (κ3) is 4.30. The van der Waals surface area contributed by atoms with Gasteiger partial charge in [-0.05, 0) is 70.5 Å². The lowest BCUT2D eigenvalue weighted by Crippen LogP contribution is -2.40. The molecule has 0 atom stereocenters. The number of aryl methyl sites for hydroxylation is 1. The number of likely N-dealkylation sites (tertiary alicyclic amines) is 1. The molecular weight excluding hydrogens is 417 g/mol. The maximum atomic E-state index is 13.7. The maximum Gasteiger partial charge on any atom is 0.144 e. The molecule has 7 nitrogen and oxygen atoms in total. The molecule has 0 saturated carbocycles. The smallest absolute Gasteiger partial charge is 0.144 e. The number of hydrogen-bond donors (Lipinski definition) is 2. The van der Waals surface area contributed by atoms with Crippen LogP contribution in [0.2, 0.25) is 0 Å². The van der Waals surface area contributed by atoms with Crippen molar-refractivity contribution >= 4 is 16.7 Å². The van der Waals surface area contributed by atoms with Gasteiger partial charge in [-0.3, -0.25) is 15.0 Å². The van der Waals surface area contributed by atoms with Gasteiger partial charge >= 0.3 is 0 Å². The van der Waals surface area contributed by atoms with E-state index in [1.165, 1.54) is 18.9 Å². The molecule has 0 aromatic carbocycles. The van der Waals surface area contributed by atoms with Crippen LogP contribution in [0.5, 0.6) is 0 Å². The van der Waals surface area contributed by atoms with Crippen molar-refractivity contribution in [2.24, 2.45) is 0 Å². The summed E-state index contributed by atoms with van der Waals surface area (Å²) in [5, 5.41) is 10.7. The largest absolute Gasteiger partial charge is 0.382 e. The van der Waals surface area contributed by atoms with Crippen LogP contribution < -0.4 is 5.32 Å². The number of rotatable bonds is 6. The first kappa shape index (κ1) is 21.5. The van der Waals surface area contributed by atoms with E-state index >= 15 is 0 Å². The van der Waals surface area contributed by atoms with Gasteiger partial charge in [0.1, 0.15) is 11.5 Å². The van der Waals surface area contributed by atoms with Crippen molar-refractivity contribution < 1.29 is 4.39 Å². The van der Waals surface area contributed by atoms with Gasteiger partial charge in [-0.15, -0.1) is 0 Å². The van der Waals surface area contributed by atoms with Crippen molar-refractivity contribution in [1.82, 2.24) is 30.0 Å². The Labute approximate surface area is 192 Å². The van der Waals surface area contributed by atoms with Gasteiger partial charge in [0.15, 0.2) is 0 Å². The van der Waals surface area contributed by atoms with E-state index in [2.05, 4.69) is 44.2 Å². The Kier molecular flexibility index (Phi) is 5.54. The average molecular weight is 446 g/mol. The Bertz CT molecular complexity index is 1300. The highest BCUT2D eigenvalue weighted by molar-refractivity contribution is 5.83. The SMILES string of the molecule is Cc1nc(-c2n[nH]cc2-c2ccc3ncc(NCCN4CCCC4(C)C)cc3n2)ccc1F. The van der Waals surface area contributed by atoms with Gasteiger partial charge in [0.2, 0.25) is 0 Å². The summed E-state index contributed by atoms with van der Waals surface area (Å²) in [5.41, 5.74) is 6.00. The summed E-state index contributed by atoms with van der Waals surface area (Å²) in [6, 6.07) is 8.95. The lowest BCUT2D eigenvalue weighted by atomic mass is 10.0. The number of H-pyrrole nitrogens is 1. The normalized spacial score (nSPS) is 15.9. The first-order chi connectivity index (χ1) is 15.9. The standard InChI is InChI=1S/C25H28FN7/c1-16-19(26)5-6-22(30-16)24-18(15-29-32-24)20-7-8-21-23(31-20)13-17(14-28-21)27-10-12-33-11-4-9-25(33,2)3/h5-8,13-15,27H,4,9-12H2,1-3H3,(H,29,32). The number of anilines is 1. The number of aromatic nitrogens is 5. The van der Waals surface area contributed by atoms with Gasteiger partial charge in [-0.25, -0.2) is 14.4 Å². The molecule has 0 bridgehead atoms. The average Bonchev–Trinajstić information content (AvgIpc) is 3.41. The highest BCUT2D eigenvalue weighted by atomic mass is 19.1. The molecule has 2 N–H and O–H groups in total. The second kappa shape index (κ2) is 8.51. The van der Waals surface area contributed by atoms with E-state index in [9.17, 15) is 4.39 Å². The van der Waals surface area contributed by atoms with Crippen molar-refractivity contribution in [3.05, 3.63) is 54.2 Å². The first-order valence-electron chi connectivity index (χ1n) is 11.3. The summed E-state index contributed by atoms with van der Waals surface area (Å²) < 4.78 is 13.7. The van der Waals surface area contributed by atoms with Crippen molar-refractivity contribution in [1.29, 1.82) is 0 Å². The zero-order valence-electron chi connectivity index (χ0n) is 19.2. The summed E-state index contributed by atoms with van der Waals surface area (Å²) >= 11 is 0. The molecule has 1 aliphatic rings. The molecule has 4 aromatic heterocycles. The predicted molar refractivity (Wildman–Crippen MR) is 128 cm³/mol. The Morgan fingerprint density at radius 2 is 1.97 bits per heavy atom. The molecule has 1 saturated heterocycles. The van der Waals surface area contributed by atoms with Gasteiger partial charge in [-0.1, -0.05) is 0 Å². The fourth-order valence-electron chi connectivity index (χ4n) is 4.52. The summed E-state index contributed by atoms with van der Waals surface area (Å²) in [5.74, 6) is -0.334. The van der Waals surface area contributed by atoms with Crippen molar-refractivity contribution in [3.8, 4) is 22.6 Å². The van der Waals surface area contributed by atoms with E-state index in [1.807, 2.05) is 24.4 Å². The number of pyridine rings is 3. The predicted octanol–water partition coefficient (Wildman–Crippen LogP) is 4.82. The lowest BCUT2D eigenvalue weighted by molar-refractivity contribution is 0.182. The summed E-state index contributed by atoms with van der Waals surface area (Å²) in [4.78, 5) is 16.3. The molecule has 5 rings (SSSR count). The van der Waals surface area contributed by atoms with Gasteiger partial charge < -0.3 is 5.32 Å². The molecule has 0 unspecified atom stereocenters. The van der Waals surface area contributed by atoms with Crippen LogP contribution in [0.25, 0.3) is 33.7 Å². The van der Waals surface area contributed by atoms with Gasteiger partial charge in [0.25, 0.3) is 0 Å². The Morgan fingerprint density at radius 3 is 2.76 bits per heavy atom. The number of aromatic amines is 1. The molecule has 1 aliphatic heterocycles. The number of nitrogens with one attached hydrogen (secondary N) is 2. The summed E-state index contributed by atoms with van der Waals surface area (Å²) in [7, 11) is 0. The monoisotopic (exact) mass is 445 g/mol. The molecular formula is C25H28FN7. The molecule has 1 fully saturated rings. The fourth-order valence-corrected chi connectivity index (χ4v) is 4.52. The minimum atomic E-state index is -0.334. The van der Waals surface area contributed by atoms with Crippen LogP contribution in [0.15, 0.2) is 42.7 Å². The number of hydrogen-bond acceptors (Lipinski definition) is 6. The highest BCUT2D eigenvalue weighted by Crippen LogP contribution is 2.30. The third-order valence-corrected chi connectivity index (χ3v) is 6.50. The zero-order valence-corrected chi connectivity index (χ0v) is 19.2. The summed E-state index contributed by atoms with van der Waals surface area (Å²) in [6.45, 7) is 9.29. The Hall–Kier alpha value is -3.39. The topological polar surface area (TPSA) is 82.6 Å². The molecule has 0 radical (unpaired) electrons. The first-order valence-corrected chi connectivity index (χ1v) is 11.3. The molecule has 0 amide bonds. The highest BCUT2D eigenvalue weighted by Gasteiger charge is 2.30. The van der Waals surface area contributed by atoms with E-state index in [0.717, 1.165) is 47.6 Å². The van der Waals surface area contributed by atoms with Crippen LogP contribution in [-0.4, -0.2) is 55.2 Å². The second-order valence-electron chi connectivity index (χ2n) is 9.20. The van der Waals surface area contributed by atoms with Crippen molar-refractivity contribution in [2.75, 3.05) is 25.0 Å². The zero-order chi connectivity index (χ0) is 23.0. The minimum absolute atomic E-state index is 0.278. The van der Waals surface area contributed by atoms with Crippen LogP contribution in [0.4, 0.5) is 10.1 Å². The minimum Gasteiger partial charge on any atom is -0.382 e. The van der Waals surface area contributed by atoms with Gasteiger partial charge in [0.05, 0.1) is 40.0 Å². The molecule has 4 aromatic rings.